The number of hydrogen-bond donors (Lipinski definition) is 1. The van der Waals surface area contributed by atoms with E-state index < -0.39 is 0 Å². The molecule has 78 valence electrons. The van der Waals surface area contributed by atoms with Crippen molar-refractivity contribution in [1.29, 1.82) is 0 Å². The number of halogens is 2. The molecule has 1 nitrogen and oxygen atoms in total. The number of alkyl halides is 2. The summed E-state index contributed by atoms with van der Waals surface area (Å²) in [6.45, 7) is 2.95. The topological polar surface area (TPSA) is 12.0 Å². The lowest BCUT2D eigenvalue weighted by atomic mass is 10.2. The maximum Gasteiger partial charge on any atom is 0.109 e. The monoisotopic (exact) mass is 231 g/mol. The fraction of sp³-hybridized carbons (Fsp3) is 0.455. The molecule has 0 aliphatic rings. The number of benzene rings is 1. The molecule has 1 aromatic carbocycles. The van der Waals surface area contributed by atoms with Crippen LogP contribution in [-0.4, -0.2) is 10.9 Å². The van der Waals surface area contributed by atoms with E-state index in [1.807, 2.05) is 18.2 Å². The highest BCUT2D eigenvalue weighted by atomic mass is 35.5. The molecule has 0 saturated heterocycles. The minimum atomic E-state index is -0.284. The summed E-state index contributed by atoms with van der Waals surface area (Å²) in [7, 11) is 0. The Morgan fingerprint density at radius 1 is 1.21 bits per heavy atom. The van der Waals surface area contributed by atoms with Gasteiger partial charge in [-0.25, -0.2) is 0 Å². The van der Waals surface area contributed by atoms with Crippen LogP contribution in [0.2, 0.25) is 0 Å². The first kappa shape index (κ1) is 11.8. The molecule has 1 N–H and O–H groups in total. The van der Waals surface area contributed by atoms with E-state index in [4.69, 9.17) is 23.2 Å². The molecule has 0 saturated carbocycles. The molecule has 0 amide bonds. The molecule has 0 heterocycles. The second-order valence-corrected chi connectivity index (χ2v) is 4.67. The zero-order valence-corrected chi connectivity index (χ0v) is 9.72. The van der Waals surface area contributed by atoms with Crippen molar-refractivity contribution in [3.63, 3.8) is 0 Å². The lowest BCUT2D eigenvalue weighted by Crippen LogP contribution is -2.27. The van der Waals surface area contributed by atoms with Gasteiger partial charge in [0.15, 0.2) is 0 Å². The fourth-order valence-corrected chi connectivity index (χ4v) is 1.77. The van der Waals surface area contributed by atoms with Crippen LogP contribution in [0, 0.1) is 0 Å². The summed E-state index contributed by atoms with van der Waals surface area (Å²) in [5, 5.41) is 3.36. The summed E-state index contributed by atoms with van der Waals surface area (Å²) in [4.78, 5) is -0.284. The Morgan fingerprint density at radius 3 is 2.43 bits per heavy atom. The lowest BCUT2D eigenvalue weighted by molar-refractivity contribution is 0.528. The number of nitrogens with one attached hydrogen (secondary N) is 1. The summed E-state index contributed by atoms with van der Waals surface area (Å²) in [5.41, 5.74) is 1.28. The van der Waals surface area contributed by atoms with Gasteiger partial charge >= 0.3 is 0 Å². The van der Waals surface area contributed by atoms with Crippen LogP contribution in [0.3, 0.4) is 0 Å². The Bertz CT molecular complexity index is 249. The van der Waals surface area contributed by atoms with Gasteiger partial charge in [-0.1, -0.05) is 30.3 Å². The number of hydrogen-bond acceptors (Lipinski definition) is 1. The molecule has 1 rings (SSSR count). The average Bonchev–Trinajstić information content (AvgIpc) is 2.15. The third-order valence-corrected chi connectivity index (χ3v) is 2.39. The average molecular weight is 232 g/mol. The first-order valence-corrected chi connectivity index (χ1v) is 5.61. The normalized spacial score (nSPS) is 13.1. The third kappa shape index (κ3) is 4.85. The van der Waals surface area contributed by atoms with Crippen LogP contribution in [0.15, 0.2) is 30.3 Å². The predicted molar refractivity (Wildman–Crippen MR) is 62.9 cm³/mol. The van der Waals surface area contributed by atoms with Gasteiger partial charge in [0, 0.05) is 12.6 Å². The zero-order chi connectivity index (χ0) is 10.4. The van der Waals surface area contributed by atoms with Gasteiger partial charge < -0.3 is 5.32 Å². The van der Waals surface area contributed by atoms with Crippen LogP contribution >= 0.6 is 23.2 Å². The van der Waals surface area contributed by atoms with Crippen molar-refractivity contribution in [3.8, 4) is 0 Å². The smallest absolute Gasteiger partial charge is 0.109 e. The second kappa shape index (κ2) is 6.28. The Morgan fingerprint density at radius 2 is 1.86 bits per heavy atom. The van der Waals surface area contributed by atoms with Gasteiger partial charge in [0.2, 0.25) is 0 Å². The molecule has 1 atom stereocenters. The molecule has 1 aromatic rings. The van der Waals surface area contributed by atoms with E-state index >= 15 is 0 Å². The SMILES string of the molecule is CC(CC(Cl)Cl)NCc1ccccc1. The molecule has 1 unspecified atom stereocenters. The van der Waals surface area contributed by atoms with E-state index in [9.17, 15) is 0 Å². The van der Waals surface area contributed by atoms with E-state index in [2.05, 4.69) is 24.4 Å². The second-order valence-electron chi connectivity index (χ2n) is 3.39. The first-order valence-electron chi connectivity index (χ1n) is 4.74. The molecule has 0 aliphatic carbocycles. The first-order chi connectivity index (χ1) is 6.68. The molecular weight excluding hydrogens is 217 g/mol. The summed E-state index contributed by atoms with van der Waals surface area (Å²) >= 11 is 11.4. The van der Waals surface area contributed by atoms with Gasteiger partial charge in [-0.3, -0.25) is 0 Å². The van der Waals surface area contributed by atoms with Crippen molar-refractivity contribution in [3.05, 3.63) is 35.9 Å². The quantitative estimate of drug-likeness (QED) is 0.767. The largest absolute Gasteiger partial charge is 0.310 e. The third-order valence-electron chi connectivity index (χ3n) is 2.03. The Kier molecular flexibility index (Phi) is 5.31. The van der Waals surface area contributed by atoms with E-state index in [0.29, 0.717) is 6.04 Å². The molecule has 0 fully saturated rings. The van der Waals surface area contributed by atoms with Crippen molar-refractivity contribution in [2.75, 3.05) is 0 Å². The summed E-state index contributed by atoms with van der Waals surface area (Å²) in [6, 6.07) is 10.6. The maximum absolute atomic E-state index is 5.68. The van der Waals surface area contributed by atoms with Crippen molar-refractivity contribution < 1.29 is 0 Å². The van der Waals surface area contributed by atoms with Gasteiger partial charge in [0.05, 0.1) is 0 Å². The van der Waals surface area contributed by atoms with Crippen LogP contribution in [0.4, 0.5) is 0 Å². The van der Waals surface area contributed by atoms with E-state index in [0.717, 1.165) is 13.0 Å². The fourth-order valence-electron chi connectivity index (χ4n) is 1.24. The van der Waals surface area contributed by atoms with Gasteiger partial charge in [-0.2, -0.15) is 0 Å². The maximum atomic E-state index is 5.68. The van der Waals surface area contributed by atoms with Crippen molar-refractivity contribution in [2.24, 2.45) is 0 Å². The van der Waals surface area contributed by atoms with E-state index in [1.54, 1.807) is 0 Å². The Labute approximate surface area is 95.4 Å². The lowest BCUT2D eigenvalue weighted by Gasteiger charge is -2.13. The van der Waals surface area contributed by atoms with Gasteiger partial charge in [0.25, 0.3) is 0 Å². The van der Waals surface area contributed by atoms with Gasteiger partial charge in [-0.15, -0.1) is 23.2 Å². The molecule has 14 heavy (non-hydrogen) atoms. The van der Waals surface area contributed by atoms with Crippen molar-refractivity contribution in [1.82, 2.24) is 5.32 Å². The van der Waals surface area contributed by atoms with Crippen LogP contribution in [0.5, 0.6) is 0 Å². The van der Waals surface area contributed by atoms with Crippen LogP contribution in [0.25, 0.3) is 0 Å². The molecular formula is C11H15Cl2N. The van der Waals surface area contributed by atoms with E-state index in [1.165, 1.54) is 5.56 Å². The summed E-state index contributed by atoms with van der Waals surface area (Å²) < 4.78 is 0. The standard InChI is InChI=1S/C11H15Cl2N/c1-9(7-11(12)13)14-8-10-5-3-2-4-6-10/h2-6,9,11,14H,7-8H2,1H3. The molecule has 0 bridgehead atoms. The van der Waals surface area contributed by atoms with Crippen molar-refractivity contribution >= 4 is 23.2 Å². The predicted octanol–water partition coefficient (Wildman–Crippen LogP) is 3.36. The van der Waals surface area contributed by atoms with Crippen LogP contribution < -0.4 is 5.32 Å². The summed E-state index contributed by atoms with van der Waals surface area (Å²) in [5.74, 6) is 0. The molecule has 3 heteroatoms. The Hall–Kier alpha value is -0.240. The zero-order valence-electron chi connectivity index (χ0n) is 8.21. The van der Waals surface area contributed by atoms with Crippen molar-refractivity contribution in [2.45, 2.75) is 30.8 Å². The molecule has 0 aromatic heterocycles. The number of rotatable bonds is 5. The van der Waals surface area contributed by atoms with E-state index in [-0.39, 0.29) is 4.84 Å². The highest BCUT2D eigenvalue weighted by Gasteiger charge is 2.06. The van der Waals surface area contributed by atoms with Crippen LogP contribution in [0.1, 0.15) is 18.9 Å². The molecule has 0 spiro atoms. The minimum absolute atomic E-state index is 0.284. The molecule has 0 radical (unpaired) electrons. The summed E-state index contributed by atoms with van der Waals surface area (Å²) in [6.07, 6.45) is 0.774. The highest BCUT2D eigenvalue weighted by Crippen LogP contribution is 2.10. The minimum Gasteiger partial charge on any atom is -0.310 e. The van der Waals surface area contributed by atoms with Gasteiger partial charge in [0.1, 0.15) is 4.84 Å². The molecule has 0 aliphatic heterocycles. The van der Waals surface area contributed by atoms with Crippen LogP contribution in [-0.2, 0) is 6.54 Å². The Balaban J connectivity index is 2.27. The highest BCUT2D eigenvalue weighted by molar-refractivity contribution is 6.44. The van der Waals surface area contributed by atoms with Gasteiger partial charge in [-0.05, 0) is 18.9 Å².